The van der Waals surface area contributed by atoms with Crippen LogP contribution >= 0.6 is 0 Å². The van der Waals surface area contributed by atoms with Crippen LogP contribution in [0.2, 0.25) is 0 Å². The van der Waals surface area contributed by atoms with E-state index in [1.54, 1.807) is 0 Å². The molecule has 0 aliphatic carbocycles. The smallest absolute Gasteiger partial charge is 0.204 e. The molecule has 0 heterocycles. The van der Waals surface area contributed by atoms with Crippen LogP contribution in [0.3, 0.4) is 0 Å². The predicted molar refractivity (Wildman–Crippen MR) is 43.7 cm³/mol. The largest absolute Gasteiger partial charge is 0.493 e. The zero-order chi connectivity index (χ0) is 19.0. The van der Waals surface area contributed by atoms with Gasteiger partial charge in [-0.25, -0.2) is 8.78 Å². The van der Waals surface area contributed by atoms with Gasteiger partial charge in [-0.15, -0.1) is 26.3 Å². The van der Waals surface area contributed by atoms with E-state index in [1.165, 1.54) is 0 Å². The summed E-state index contributed by atoms with van der Waals surface area (Å²) in [6.07, 6.45) is -28.5. The molecule has 1 nitrogen and oxygen atoms in total. The minimum absolute atomic E-state index is 3.34. The molecular weight excluding hydrogens is 376 g/mol. The first-order chi connectivity index (χ1) is 9.82. The Morgan fingerprint density at radius 3 is 1.30 bits per heavy atom. The summed E-state index contributed by atoms with van der Waals surface area (Å²) in [5.74, 6) is -9.94. The fraction of sp³-hybridized carbons (Fsp3) is 0.750. The van der Waals surface area contributed by atoms with Crippen molar-refractivity contribution >= 4 is 0 Å². The van der Waals surface area contributed by atoms with E-state index in [1.807, 2.05) is 0 Å². The van der Waals surface area contributed by atoms with Gasteiger partial charge in [0.25, 0.3) is 0 Å². The first-order valence-corrected chi connectivity index (χ1v) is 4.87. The minimum Gasteiger partial charge on any atom is -0.204 e. The van der Waals surface area contributed by atoms with Gasteiger partial charge in [-0.05, 0) is 0 Å². The summed E-state index contributed by atoms with van der Waals surface area (Å²) in [4.78, 5) is -3.34. The van der Waals surface area contributed by atoms with Gasteiger partial charge in [0.1, 0.15) is 0 Å². The molecule has 0 saturated heterocycles. The summed E-state index contributed by atoms with van der Waals surface area (Å²) in [6.45, 7) is 0. The molecule has 15 heteroatoms. The topological polar surface area (TPSA) is 3.24 Å². The fourth-order valence-electron chi connectivity index (χ4n) is 1.10. The Labute approximate surface area is 117 Å². The van der Waals surface area contributed by atoms with Crippen LogP contribution in [0.15, 0.2) is 11.5 Å². The number of hydrogen-bond donors (Lipinski definition) is 0. The average molecular weight is 379 g/mol. The summed E-state index contributed by atoms with van der Waals surface area (Å²) >= 11 is 0. The third-order valence-corrected chi connectivity index (χ3v) is 2.03. The van der Waals surface area contributed by atoms with Crippen LogP contribution in [-0.4, -0.2) is 36.0 Å². The van der Waals surface area contributed by atoms with Gasteiger partial charge < -0.3 is 0 Å². The van der Waals surface area contributed by atoms with E-state index in [2.05, 4.69) is 0 Å². The Hall–Kier alpha value is -1.44. The van der Waals surface area contributed by atoms with E-state index in [-0.39, 0.29) is 0 Å². The van der Waals surface area contributed by atoms with Crippen LogP contribution in [0.4, 0.5) is 61.5 Å². The van der Waals surface area contributed by atoms with Crippen LogP contribution in [-0.2, 0) is 0 Å². The normalized spacial score (nSPS) is 15.8. The molecular formula is C8H3F14N. The monoisotopic (exact) mass is 379 g/mol. The first kappa shape index (κ1) is 21.6. The molecule has 0 aromatic rings. The zero-order valence-electron chi connectivity index (χ0n) is 10.0. The maximum Gasteiger partial charge on any atom is 0.493 e. The third-order valence-electron chi connectivity index (χ3n) is 2.03. The number of rotatable bonds is 4. The van der Waals surface area contributed by atoms with Crippen LogP contribution in [0.25, 0.3) is 0 Å². The number of allylic oxidation sites excluding steroid dienone is 1. The van der Waals surface area contributed by atoms with E-state index < -0.39 is 54.0 Å². The Morgan fingerprint density at radius 1 is 0.739 bits per heavy atom. The van der Waals surface area contributed by atoms with Crippen molar-refractivity contribution in [1.82, 2.24) is 4.90 Å². The van der Waals surface area contributed by atoms with Crippen molar-refractivity contribution in [3.8, 4) is 0 Å². The fourth-order valence-corrected chi connectivity index (χ4v) is 1.10. The summed E-state index contributed by atoms with van der Waals surface area (Å²) in [6, 6.07) is 0. The van der Waals surface area contributed by atoms with Crippen molar-refractivity contribution in [3.63, 3.8) is 0 Å². The van der Waals surface area contributed by atoms with Crippen LogP contribution in [0, 0.1) is 0 Å². The van der Waals surface area contributed by atoms with Crippen LogP contribution < -0.4 is 0 Å². The van der Waals surface area contributed by atoms with E-state index >= 15 is 0 Å². The van der Waals surface area contributed by atoms with Gasteiger partial charge in [-0.2, -0.15) is 31.2 Å². The molecule has 0 unspecified atom stereocenters. The second kappa shape index (κ2) is 6.22. The first-order valence-electron chi connectivity index (χ1n) is 4.87. The average Bonchev–Trinajstić information content (AvgIpc) is 2.19. The molecule has 0 aliphatic rings. The van der Waals surface area contributed by atoms with Gasteiger partial charge >= 0.3 is 31.1 Å². The van der Waals surface area contributed by atoms with Crippen molar-refractivity contribution < 1.29 is 61.5 Å². The molecule has 0 spiro atoms. The van der Waals surface area contributed by atoms with Crippen LogP contribution in [0.1, 0.15) is 6.42 Å². The van der Waals surface area contributed by atoms with Gasteiger partial charge in [0.15, 0.2) is 0 Å². The Morgan fingerprint density at radius 2 is 1.09 bits per heavy atom. The van der Waals surface area contributed by atoms with Crippen molar-refractivity contribution in [2.75, 3.05) is 0 Å². The van der Waals surface area contributed by atoms with Gasteiger partial charge in [0.05, 0.1) is 12.0 Å². The van der Waals surface area contributed by atoms with E-state index in [9.17, 15) is 61.5 Å². The summed E-state index contributed by atoms with van der Waals surface area (Å²) < 4.78 is 171. The number of alkyl halides is 13. The van der Waals surface area contributed by atoms with Crippen molar-refractivity contribution in [1.29, 1.82) is 0 Å². The lowest BCUT2D eigenvalue weighted by atomic mass is 10.1. The Bertz CT molecular complexity index is 423. The van der Waals surface area contributed by atoms with E-state index in [4.69, 9.17) is 0 Å². The Balaban J connectivity index is 6.27. The van der Waals surface area contributed by atoms with Gasteiger partial charge in [0, 0.05) is 0 Å². The van der Waals surface area contributed by atoms with Crippen molar-refractivity contribution in [2.45, 2.75) is 37.5 Å². The molecule has 0 radical (unpaired) electrons. The summed E-state index contributed by atoms with van der Waals surface area (Å²) in [7, 11) is 0. The lowest BCUT2D eigenvalue weighted by Crippen LogP contribution is -2.47. The highest BCUT2D eigenvalue weighted by Gasteiger charge is 2.59. The molecule has 0 bridgehead atoms. The lowest BCUT2D eigenvalue weighted by Gasteiger charge is -2.29. The summed E-state index contributed by atoms with van der Waals surface area (Å²) in [5, 5.41) is 0. The van der Waals surface area contributed by atoms with Crippen molar-refractivity contribution in [2.24, 2.45) is 0 Å². The standard InChI is InChI=1S/C8H3F14N/c9-3(23(7(17,18)19)8(20,21)22)2(6(14,15)16)1-5(12,13)4(10)11/h4H,1H2. The predicted octanol–water partition coefficient (Wildman–Crippen LogP) is 5.36. The lowest BCUT2D eigenvalue weighted by molar-refractivity contribution is -0.366. The maximum absolute atomic E-state index is 13.1. The minimum atomic E-state index is -6.82. The molecule has 0 fully saturated rings. The van der Waals surface area contributed by atoms with Gasteiger partial charge in [0.2, 0.25) is 5.95 Å². The third kappa shape index (κ3) is 5.60. The number of hydrogen-bond acceptors (Lipinski definition) is 1. The molecule has 23 heavy (non-hydrogen) atoms. The zero-order valence-corrected chi connectivity index (χ0v) is 10.0. The number of halogens is 14. The highest BCUT2D eigenvalue weighted by molar-refractivity contribution is 5.17. The second-order valence-electron chi connectivity index (χ2n) is 3.78. The molecule has 138 valence electrons. The van der Waals surface area contributed by atoms with Gasteiger partial charge in [-0.3, -0.25) is 0 Å². The molecule has 0 saturated carbocycles. The quantitative estimate of drug-likeness (QED) is 0.470. The number of nitrogens with zero attached hydrogens (tertiary/aromatic N) is 1. The van der Waals surface area contributed by atoms with Crippen molar-refractivity contribution in [3.05, 3.63) is 11.5 Å². The molecule has 0 N–H and O–H groups in total. The highest BCUT2D eigenvalue weighted by Crippen LogP contribution is 2.45. The molecule has 0 rings (SSSR count). The van der Waals surface area contributed by atoms with Crippen LogP contribution in [0.5, 0.6) is 0 Å². The van der Waals surface area contributed by atoms with Gasteiger partial charge in [-0.1, -0.05) is 0 Å². The maximum atomic E-state index is 13.1. The SMILES string of the molecule is FC(=C(CC(F)(F)C(F)F)C(F)(F)F)N(C(F)(F)F)C(F)(F)F. The van der Waals surface area contributed by atoms with E-state index in [0.29, 0.717) is 0 Å². The Kier molecular flexibility index (Phi) is 5.83. The molecule has 0 aromatic heterocycles. The molecule has 0 aliphatic heterocycles. The molecule has 0 aromatic carbocycles. The summed E-state index contributed by atoms with van der Waals surface area (Å²) in [5.41, 5.74) is -3.74. The highest BCUT2D eigenvalue weighted by atomic mass is 19.4. The van der Waals surface area contributed by atoms with E-state index in [0.717, 1.165) is 0 Å². The second-order valence-corrected chi connectivity index (χ2v) is 3.78. The molecule has 0 amide bonds. The molecule has 0 atom stereocenters.